The van der Waals surface area contributed by atoms with Crippen molar-refractivity contribution in [2.75, 3.05) is 13.6 Å². The number of hydrogen-bond acceptors (Lipinski definition) is 2. The normalized spacial score (nSPS) is 18.9. The van der Waals surface area contributed by atoms with Crippen LogP contribution in [0.1, 0.15) is 30.7 Å². The molecule has 0 aromatic carbocycles. The van der Waals surface area contributed by atoms with Crippen molar-refractivity contribution in [3.05, 3.63) is 30.1 Å². The molecule has 0 spiro atoms. The monoisotopic (exact) mass is 190 g/mol. The van der Waals surface area contributed by atoms with Crippen LogP contribution in [0.15, 0.2) is 24.5 Å². The molecule has 76 valence electrons. The highest BCUT2D eigenvalue weighted by Gasteiger charge is 2.27. The lowest BCUT2D eigenvalue weighted by atomic mass is 9.73. The first kappa shape index (κ1) is 9.66. The molecule has 1 saturated carbocycles. The molecule has 0 amide bonds. The molecule has 2 heteroatoms. The second kappa shape index (κ2) is 4.56. The minimum absolute atomic E-state index is 0.691. The second-order valence-electron chi connectivity index (χ2n) is 4.14. The highest BCUT2D eigenvalue weighted by Crippen LogP contribution is 2.38. The smallest absolute Gasteiger partial charge is 0.0270 e. The zero-order valence-corrected chi connectivity index (χ0v) is 8.74. The van der Waals surface area contributed by atoms with Gasteiger partial charge in [-0.2, -0.15) is 0 Å². The molecule has 1 aliphatic rings. The van der Waals surface area contributed by atoms with Crippen LogP contribution in [-0.2, 0) is 0 Å². The molecule has 2 rings (SSSR count). The topological polar surface area (TPSA) is 24.9 Å². The average Bonchev–Trinajstić information content (AvgIpc) is 2.16. The largest absolute Gasteiger partial charge is 0.319 e. The van der Waals surface area contributed by atoms with Crippen molar-refractivity contribution in [2.24, 2.45) is 5.92 Å². The Bertz CT molecular complexity index is 267. The SMILES string of the molecule is CNCC(c1ccncc1)C1CCC1. The summed E-state index contributed by atoms with van der Waals surface area (Å²) in [5, 5.41) is 3.29. The molecule has 1 fully saturated rings. The molecule has 0 bridgehead atoms. The Morgan fingerprint density at radius 3 is 2.64 bits per heavy atom. The first-order valence-corrected chi connectivity index (χ1v) is 5.46. The molecule has 1 aromatic rings. The van der Waals surface area contributed by atoms with E-state index in [1.165, 1.54) is 24.8 Å². The maximum absolute atomic E-state index is 4.07. The van der Waals surface area contributed by atoms with E-state index in [-0.39, 0.29) is 0 Å². The third-order valence-electron chi connectivity index (χ3n) is 3.28. The van der Waals surface area contributed by atoms with E-state index in [1.54, 1.807) is 0 Å². The van der Waals surface area contributed by atoms with E-state index in [4.69, 9.17) is 0 Å². The molecule has 1 aromatic heterocycles. The van der Waals surface area contributed by atoms with Crippen LogP contribution >= 0.6 is 0 Å². The molecule has 1 aliphatic carbocycles. The number of rotatable bonds is 4. The predicted octanol–water partition coefficient (Wildman–Crippen LogP) is 2.18. The lowest BCUT2D eigenvalue weighted by Crippen LogP contribution is -2.28. The molecule has 0 radical (unpaired) electrons. The molecule has 1 unspecified atom stereocenters. The summed E-state index contributed by atoms with van der Waals surface area (Å²) in [5.74, 6) is 1.58. The number of hydrogen-bond donors (Lipinski definition) is 1. The van der Waals surface area contributed by atoms with Crippen LogP contribution in [0.25, 0.3) is 0 Å². The van der Waals surface area contributed by atoms with E-state index >= 15 is 0 Å². The summed E-state index contributed by atoms with van der Waals surface area (Å²) in [6, 6.07) is 4.31. The summed E-state index contributed by atoms with van der Waals surface area (Å²) >= 11 is 0. The van der Waals surface area contributed by atoms with Gasteiger partial charge in [-0.25, -0.2) is 0 Å². The molecule has 0 saturated heterocycles. The first-order valence-electron chi connectivity index (χ1n) is 5.46. The zero-order valence-electron chi connectivity index (χ0n) is 8.74. The van der Waals surface area contributed by atoms with E-state index in [1.807, 2.05) is 19.4 Å². The minimum Gasteiger partial charge on any atom is -0.319 e. The number of pyridine rings is 1. The van der Waals surface area contributed by atoms with Gasteiger partial charge < -0.3 is 5.32 Å². The minimum atomic E-state index is 0.691. The molecule has 1 heterocycles. The molecule has 1 atom stereocenters. The predicted molar refractivity (Wildman–Crippen MR) is 58.2 cm³/mol. The van der Waals surface area contributed by atoms with Crippen molar-refractivity contribution in [1.82, 2.24) is 10.3 Å². The van der Waals surface area contributed by atoms with Gasteiger partial charge in [0.25, 0.3) is 0 Å². The fraction of sp³-hybridized carbons (Fsp3) is 0.583. The highest BCUT2D eigenvalue weighted by atomic mass is 14.8. The van der Waals surface area contributed by atoms with Gasteiger partial charge in [0.1, 0.15) is 0 Å². The molecule has 2 nitrogen and oxygen atoms in total. The van der Waals surface area contributed by atoms with Gasteiger partial charge in [-0.15, -0.1) is 0 Å². The van der Waals surface area contributed by atoms with Crippen LogP contribution in [0.3, 0.4) is 0 Å². The quantitative estimate of drug-likeness (QED) is 0.787. The van der Waals surface area contributed by atoms with Crippen molar-refractivity contribution in [2.45, 2.75) is 25.2 Å². The standard InChI is InChI=1S/C12H18N2/c1-13-9-12(10-3-2-4-10)11-5-7-14-8-6-11/h5-8,10,12-13H,2-4,9H2,1H3. The van der Waals surface area contributed by atoms with Crippen LogP contribution in [0.2, 0.25) is 0 Å². The fourth-order valence-electron chi connectivity index (χ4n) is 2.23. The molecular formula is C12H18N2. The first-order chi connectivity index (χ1) is 6.92. The maximum Gasteiger partial charge on any atom is 0.0270 e. The number of nitrogens with one attached hydrogen (secondary N) is 1. The van der Waals surface area contributed by atoms with Crippen molar-refractivity contribution in [3.63, 3.8) is 0 Å². The zero-order chi connectivity index (χ0) is 9.80. The number of nitrogens with zero attached hydrogens (tertiary/aromatic N) is 1. The van der Waals surface area contributed by atoms with E-state index in [9.17, 15) is 0 Å². The van der Waals surface area contributed by atoms with Gasteiger partial charge in [0.2, 0.25) is 0 Å². The van der Waals surface area contributed by atoms with Crippen molar-refractivity contribution >= 4 is 0 Å². The molecular weight excluding hydrogens is 172 g/mol. The summed E-state index contributed by atoms with van der Waals surface area (Å²) in [4.78, 5) is 4.07. The van der Waals surface area contributed by atoms with Gasteiger partial charge in [-0.3, -0.25) is 4.98 Å². The van der Waals surface area contributed by atoms with Gasteiger partial charge in [-0.1, -0.05) is 6.42 Å². The average molecular weight is 190 g/mol. The molecule has 0 aliphatic heterocycles. The number of likely N-dealkylation sites (N-methyl/N-ethyl adjacent to an activating group) is 1. The van der Waals surface area contributed by atoms with Gasteiger partial charge in [0.05, 0.1) is 0 Å². The number of aromatic nitrogens is 1. The maximum atomic E-state index is 4.07. The van der Waals surface area contributed by atoms with Crippen LogP contribution in [-0.4, -0.2) is 18.6 Å². The second-order valence-corrected chi connectivity index (χ2v) is 4.14. The highest BCUT2D eigenvalue weighted by molar-refractivity contribution is 5.18. The van der Waals surface area contributed by atoms with Crippen LogP contribution in [0.4, 0.5) is 0 Å². The Labute approximate surface area is 85.7 Å². The van der Waals surface area contributed by atoms with Crippen molar-refractivity contribution < 1.29 is 0 Å². The van der Waals surface area contributed by atoms with Gasteiger partial charge in [0.15, 0.2) is 0 Å². The van der Waals surface area contributed by atoms with Gasteiger partial charge in [-0.05, 0) is 49.4 Å². The van der Waals surface area contributed by atoms with Crippen molar-refractivity contribution in [1.29, 1.82) is 0 Å². The summed E-state index contributed by atoms with van der Waals surface area (Å²) < 4.78 is 0. The Balaban J connectivity index is 2.09. The third-order valence-corrected chi connectivity index (χ3v) is 3.28. The van der Waals surface area contributed by atoms with E-state index in [0.29, 0.717) is 5.92 Å². The van der Waals surface area contributed by atoms with E-state index in [2.05, 4.69) is 22.4 Å². The fourth-order valence-corrected chi connectivity index (χ4v) is 2.23. The van der Waals surface area contributed by atoms with Crippen LogP contribution in [0.5, 0.6) is 0 Å². The molecule has 14 heavy (non-hydrogen) atoms. The Morgan fingerprint density at radius 1 is 1.43 bits per heavy atom. The van der Waals surface area contributed by atoms with Crippen molar-refractivity contribution in [3.8, 4) is 0 Å². The van der Waals surface area contributed by atoms with Gasteiger partial charge >= 0.3 is 0 Å². The molecule has 1 N–H and O–H groups in total. The Hall–Kier alpha value is -0.890. The summed E-state index contributed by atoms with van der Waals surface area (Å²) in [5.41, 5.74) is 1.44. The van der Waals surface area contributed by atoms with E-state index < -0.39 is 0 Å². The summed E-state index contributed by atoms with van der Waals surface area (Å²) in [7, 11) is 2.03. The summed E-state index contributed by atoms with van der Waals surface area (Å²) in [6.07, 6.45) is 8.01. The van der Waals surface area contributed by atoms with Crippen LogP contribution in [0, 0.1) is 5.92 Å². The Kier molecular flexibility index (Phi) is 3.14. The van der Waals surface area contributed by atoms with Crippen LogP contribution < -0.4 is 5.32 Å². The lowest BCUT2D eigenvalue weighted by Gasteiger charge is -2.34. The lowest BCUT2D eigenvalue weighted by molar-refractivity contribution is 0.257. The third kappa shape index (κ3) is 1.95. The van der Waals surface area contributed by atoms with E-state index in [0.717, 1.165) is 12.5 Å². The Morgan fingerprint density at radius 2 is 2.14 bits per heavy atom. The summed E-state index contributed by atoms with van der Waals surface area (Å²) in [6.45, 7) is 1.09. The van der Waals surface area contributed by atoms with Gasteiger partial charge in [0, 0.05) is 18.9 Å².